The SMILES string of the molecule is CC(c1ccc2c(c1)CC1(CCCC1)CN2Cc1ccccc1)c1sc(=O)[nH]c1O. The lowest BCUT2D eigenvalue weighted by Gasteiger charge is -2.43. The van der Waals surface area contributed by atoms with Crippen LogP contribution < -0.4 is 9.77 Å². The number of hydrogen-bond donors (Lipinski definition) is 2. The van der Waals surface area contributed by atoms with Crippen molar-refractivity contribution in [2.45, 2.75) is 51.5 Å². The molecule has 1 aliphatic carbocycles. The van der Waals surface area contributed by atoms with Crippen molar-refractivity contribution >= 4 is 17.0 Å². The number of benzene rings is 2. The lowest BCUT2D eigenvalue weighted by atomic mass is 9.75. The van der Waals surface area contributed by atoms with Gasteiger partial charge in [0.05, 0.1) is 4.88 Å². The van der Waals surface area contributed by atoms with Crippen molar-refractivity contribution in [1.82, 2.24) is 4.98 Å². The molecule has 2 heterocycles. The van der Waals surface area contributed by atoms with Crippen LogP contribution in [0.5, 0.6) is 5.88 Å². The highest BCUT2D eigenvalue weighted by molar-refractivity contribution is 7.09. The number of hydrogen-bond acceptors (Lipinski definition) is 4. The van der Waals surface area contributed by atoms with Gasteiger partial charge in [0.2, 0.25) is 5.88 Å². The maximum Gasteiger partial charge on any atom is 0.307 e. The van der Waals surface area contributed by atoms with Crippen molar-refractivity contribution in [3.63, 3.8) is 0 Å². The Balaban J connectivity index is 1.51. The Morgan fingerprint density at radius 3 is 2.63 bits per heavy atom. The second-order valence-electron chi connectivity index (χ2n) is 9.06. The van der Waals surface area contributed by atoms with Crippen molar-refractivity contribution in [2.24, 2.45) is 5.41 Å². The largest absolute Gasteiger partial charge is 0.494 e. The second kappa shape index (κ2) is 7.62. The molecular formula is C25H28N2O2S. The van der Waals surface area contributed by atoms with Crippen LogP contribution in [0.1, 0.15) is 60.1 Å². The number of rotatable bonds is 4. The van der Waals surface area contributed by atoms with E-state index in [0.29, 0.717) is 10.3 Å². The van der Waals surface area contributed by atoms with Gasteiger partial charge >= 0.3 is 4.87 Å². The van der Waals surface area contributed by atoms with Gasteiger partial charge in [0.1, 0.15) is 0 Å². The summed E-state index contributed by atoms with van der Waals surface area (Å²) in [5, 5.41) is 10.1. The van der Waals surface area contributed by atoms with Crippen LogP contribution >= 0.6 is 11.3 Å². The first-order chi connectivity index (χ1) is 14.5. The summed E-state index contributed by atoms with van der Waals surface area (Å²) in [5.74, 6) is -0.00327. The molecule has 0 saturated heterocycles. The smallest absolute Gasteiger partial charge is 0.307 e. The lowest BCUT2D eigenvalue weighted by Crippen LogP contribution is -2.42. The van der Waals surface area contributed by atoms with Gasteiger partial charge in [-0.15, -0.1) is 0 Å². The molecule has 2 aliphatic rings. The average molecular weight is 421 g/mol. The van der Waals surface area contributed by atoms with E-state index < -0.39 is 0 Å². The molecule has 3 aromatic rings. The second-order valence-corrected chi connectivity index (χ2v) is 10.1. The standard InChI is InChI=1S/C25H28N2O2S/c1-17(22-23(28)26-24(29)30-22)19-9-10-21-20(13-19)14-25(11-5-6-12-25)16-27(21)15-18-7-3-2-4-8-18/h2-4,7-10,13,17,28H,5-6,11-12,14-16H2,1H3,(H,26,29). The lowest BCUT2D eigenvalue weighted by molar-refractivity contribution is 0.284. The van der Waals surface area contributed by atoms with Gasteiger partial charge < -0.3 is 10.0 Å². The monoisotopic (exact) mass is 420 g/mol. The van der Waals surface area contributed by atoms with Gasteiger partial charge in [-0.1, -0.05) is 73.6 Å². The molecule has 1 aromatic heterocycles. The van der Waals surface area contributed by atoms with Crippen molar-refractivity contribution in [2.75, 3.05) is 11.4 Å². The van der Waals surface area contributed by atoms with E-state index in [1.54, 1.807) is 0 Å². The zero-order valence-corrected chi connectivity index (χ0v) is 18.2. The van der Waals surface area contributed by atoms with Gasteiger partial charge in [0.25, 0.3) is 0 Å². The molecule has 0 amide bonds. The van der Waals surface area contributed by atoms with Crippen LogP contribution in [0.4, 0.5) is 5.69 Å². The summed E-state index contributed by atoms with van der Waals surface area (Å²) in [6, 6.07) is 17.5. The normalized spacial score (nSPS) is 18.5. The van der Waals surface area contributed by atoms with Crippen LogP contribution in [0.25, 0.3) is 0 Å². The molecule has 0 bridgehead atoms. The molecular weight excluding hydrogens is 392 g/mol. The number of aromatic nitrogens is 1. The number of aromatic amines is 1. The van der Waals surface area contributed by atoms with Crippen molar-refractivity contribution in [1.29, 1.82) is 0 Å². The fraction of sp³-hybridized carbons (Fsp3) is 0.400. The Labute approximate surface area is 181 Å². The first-order valence-corrected chi connectivity index (χ1v) is 11.7. The van der Waals surface area contributed by atoms with Gasteiger partial charge in [-0.25, -0.2) is 0 Å². The first-order valence-electron chi connectivity index (χ1n) is 10.9. The average Bonchev–Trinajstić information content (AvgIpc) is 3.33. The molecule has 0 radical (unpaired) electrons. The van der Waals surface area contributed by atoms with Crippen LogP contribution in [0, 0.1) is 5.41 Å². The molecule has 5 rings (SSSR count). The van der Waals surface area contributed by atoms with Crippen molar-refractivity contribution < 1.29 is 5.11 Å². The summed E-state index contributed by atoms with van der Waals surface area (Å²) in [5.41, 5.74) is 5.63. The van der Waals surface area contributed by atoms with E-state index in [1.165, 1.54) is 42.5 Å². The van der Waals surface area contributed by atoms with Gasteiger partial charge in [0.15, 0.2) is 0 Å². The Bertz CT molecular complexity index is 1100. The van der Waals surface area contributed by atoms with Crippen molar-refractivity contribution in [3.05, 3.63) is 79.8 Å². The third-order valence-corrected chi connectivity index (χ3v) is 8.02. The molecule has 4 nitrogen and oxygen atoms in total. The van der Waals surface area contributed by atoms with Crippen molar-refractivity contribution in [3.8, 4) is 5.88 Å². The number of H-pyrrole nitrogens is 1. The number of nitrogens with zero attached hydrogens (tertiary/aromatic N) is 1. The first kappa shape index (κ1) is 19.4. The minimum Gasteiger partial charge on any atom is -0.494 e. The Morgan fingerprint density at radius 1 is 1.17 bits per heavy atom. The highest BCUT2D eigenvalue weighted by atomic mass is 32.1. The molecule has 30 heavy (non-hydrogen) atoms. The predicted octanol–water partition coefficient (Wildman–Crippen LogP) is 5.42. The minimum atomic E-state index is -0.203. The quantitative estimate of drug-likeness (QED) is 0.593. The van der Waals surface area contributed by atoms with E-state index in [2.05, 4.69) is 65.3 Å². The molecule has 1 atom stereocenters. The summed E-state index contributed by atoms with van der Waals surface area (Å²) in [6.45, 7) is 4.13. The van der Waals surface area contributed by atoms with E-state index in [0.717, 1.165) is 36.4 Å². The molecule has 2 N–H and O–H groups in total. The molecule has 1 unspecified atom stereocenters. The van der Waals surface area contributed by atoms with Crippen LogP contribution in [-0.2, 0) is 13.0 Å². The highest BCUT2D eigenvalue weighted by Gasteiger charge is 2.40. The topological polar surface area (TPSA) is 56.3 Å². The summed E-state index contributed by atoms with van der Waals surface area (Å²) >= 11 is 1.10. The number of thiazole rings is 1. The van der Waals surface area contributed by atoms with Gasteiger partial charge in [-0.05, 0) is 47.4 Å². The third-order valence-electron chi connectivity index (χ3n) is 6.97. The van der Waals surface area contributed by atoms with Crippen LogP contribution in [0.2, 0.25) is 0 Å². The molecule has 2 aromatic carbocycles. The number of anilines is 1. The number of fused-ring (bicyclic) bond motifs is 1. The molecule has 5 heteroatoms. The Kier molecular flexibility index (Phi) is 4.94. The van der Waals surface area contributed by atoms with E-state index in [4.69, 9.17) is 0 Å². The van der Waals surface area contributed by atoms with E-state index in [1.807, 2.05) is 0 Å². The van der Waals surface area contributed by atoms with E-state index in [-0.39, 0.29) is 16.7 Å². The van der Waals surface area contributed by atoms with Gasteiger partial charge in [0, 0.05) is 24.7 Å². The fourth-order valence-corrected chi connectivity index (χ4v) is 6.26. The molecule has 1 aliphatic heterocycles. The van der Waals surface area contributed by atoms with Crippen LogP contribution in [0.15, 0.2) is 53.3 Å². The number of aromatic hydroxyl groups is 1. The summed E-state index contributed by atoms with van der Waals surface area (Å²) in [4.78, 5) is 17.2. The zero-order chi connectivity index (χ0) is 20.7. The van der Waals surface area contributed by atoms with E-state index >= 15 is 0 Å². The molecule has 1 saturated carbocycles. The summed E-state index contributed by atoms with van der Waals surface area (Å²) in [7, 11) is 0. The number of nitrogens with one attached hydrogen (secondary N) is 1. The molecule has 156 valence electrons. The predicted molar refractivity (Wildman–Crippen MR) is 123 cm³/mol. The highest BCUT2D eigenvalue weighted by Crippen LogP contribution is 2.48. The maximum atomic E-state index is 11.7. The maximum absolute atomic E-state index is 11.7. The molecule has 1 spiro atoms. The van der Waals surface area contributed by atoms with Gasteiger partial charge in [-0.2, -0.15) is 0 Å². The molecule has 1 fully saturated rings. The minimum absolute atomic E-state index is 0.00758. The van der Waals surface area contributed by atoms with E-state index in [9.17, 15) is 9.90 Å². The Morgan fingerprint density at radius 2 is 1.93 bits per heavy atom. The van der Waals surface area contributed by atoms with Crippen LogP contribution in [-0.4, -0.2) is 16.6 Å². The van der Waals surface area contributed by atoms with Gasteiger partial charge in [-0.3, -0.25) is 9.78 Å². The van der Waals surface area contributed by atoms with Crippen LogP contribution in [0.3, 0.4) is 0 Å². The summed E-state index contributed by atoms with van der Waals surface area (Å²) in [6.07, 6.45) is 6.39. The zero-order valence-electron chi connectivity index (χ0n) is 17.4. The fourth-order valence-electron chi connectivity index (χ4n) is 5.46. The summed E-state index contributed by atoms with van der Waals surface area (Å²) < 4.78 is 0. The Hall–Kier alpha value is -2.53. The third kappa shape index (κ3) is 3.56.